The van der Waals surface area contributed by atoms with Crippen molar-refractivity contribution in [2.75, 3.05) is 0 Å². The summed E-state index contributed by atoms with van der Waals surface area (Å²) in [6.45, 7) is 14.1. The number of rotatable bonds is 4. The average Bonchev–Trinajstić information content (AvgIpc) is 2.12. The molecule has 0 radical (unpaired) electrons. The fourth-order valence-electron chi connectivity index (χ4n) is 2.13. The lowest BCUT2D eigenvalue weighted by molar-refractivity contribution is -0.140. The molecule has 1 atom stereocenters. The van der Waals surface area contributed by atoms with Crippen LogP contribution in [0.3, 0.4) is 0 Å². The van der Waals surface area contributed by atoms with Crippen LogP contribution in [-0.4, -0.2) is 23.4 Å². The van der Waals surface area contributed by atoms with Crippen molar-refractivity contribution in [3.05, 3.63) is 0 Å². The first-order valence-electron chi connectivity index (χ1n) is 6.60. The second-order valence-corrected chi connectivity index (χ2v) is 6.86. The van der Waals surface area contributed by atoms with Crippen molar-refractivity contribution in [3.8, 4) is 0 Å². The Morgan fingerprint density at radius 1 is 1.06 bits per heavy atom. The minimum Gasteiger partial charge on any atom is -0.345 e. The van der Waals surface area contributed by atoms with E-state index in [-0.39, 0.29) is 17.0 Å². The van der Waals surface area contributed by atoms with Crippen molar-refractivity contribution >= 4 is 11.8 Å². The number of carbonyl (C=O) groups is 2. The molecule has 4 heteroatoms. The fourth-order valence-corrected chi connectivity index (χ4v) is 2.13. The largest absolute Gasteiger partial charge is 0.345 e. The van der Waals surface area contributed by atoms with Gasteiger partial charge >= 0.3 is 11.8 Å². The van der Waals surface area contributed by atoms with Gasteiger partial charge in [-0.25, -0.2) is 0 Å². The van der Waals surface area contributed by atoms with Crippen molar-refractivity contribution in [2.45, 2.75) is 72.9 Å². The summed E-state index contributed by atoms with van der Waals surface area (Å²) in [5.74, 6) is -1.10. The molecule has 0 rings (SSSR count). The van der Waals surface area contributed by atoms with Crippen molar-refractivity contribution in [1.29, 1.82) is 0 Å². The summed E-state index contributed by atoms with van der Waals surface area (Å²) in [7, 11) is 0. The van der Waals surface area contributed by atoms with E-state index in [0.717, 1.165) is 12.8 Å². The van der Waals surface area contributed by atoms with Crippen LogP contribution in [0.15, 0.2) is 0 Å². The zero-order chi connectivity index (χ0) is 14.6. The number of hydrogen-bond donors (Lipinski definition) is 2. The van der Waals surface area contributed by atoms with Crippen molar-refractivity contribution < 1.29 is 9.59 Å². The summed E-state index contributed by atoms with van der Waals surface area (Å²) in [6, 6.07) is 0.0222. The molecule has 2 amide bonds. The molecule has 0 aromatic heterocycles. The molecule has 0 fully saturated rings. The summed E-state index contributed by atoms with van der Waals surface area (Å²) in [5.41, 5.74) is -0.286. The van der Waals surface area contributed by atoms with Gasteiger partial charge in [-0.15, -0.1) is 0 Å². The van der Waals surface area contributed by atoms with E-state index >= 15 is 0 Å². The predicted molar refractivity (Wildman–Crippen MR) is 74.2 cm³/mol. The summed E-state index contributed by atoms with van der Waals surface area (Å²) in [4.78, 5) is 23.4. The van der Waals surface area contributed by atoms with E-state index in [0.29, 0.717) is 0 Å². The van der Waals surface area contributed by atoms with Gasteiger partial charge in [-0.3, -0.25) is 9.59 Å². The van der Waals surface area contributed by atoms with Gasteiger partial charge in [-0.1, -0.05) is 27.7 Å². The van der Waals surface area contributed by atoms with Gasteiger partial charge in [-0.05, 0) is 39.0 Å². The first-order chi connectivity index (χ1) is 7.97. The fraction of sp³-hybridized carbons (Fsp3) is 0.857. The molecule has 4 nitrogen and oxygen atoms in total. The number of nitrogens with one attached hydrogen (secondary N) is 2. The Morgan fingerprint density at radius 2 is 1.56 bits per heavy atom. The van der Waals surface area contributed by atoms with Crippen molar-refractivity contribution in [2.24, 2.45) is 5.41 Å². The third-order valence-corrected chi connectivity index (χ3v) is 2.62. The van der Waals surface area contributed by atoms with E-state index in [9.17, 15) is 9.59 Å². The molecule has 18 heavy (non-hydrogen) atoms. The van der Waals surface area contributed by atoms with E-state index < -0.39 is 11.8 Å². The van der Waals surface area contributed by atoms with Gasteiger partial charge in [0.2, 0.25) is 0 Å². The first-order valence-corrected chi connectivity index (χ1v) is 6.60. The maximum atomic E-state index is 11.8. The predicted octanol–water partition coefficient (Wildman–Crippen LogP) is 2.23. The second kappa shape index (κ2) is 6.21. The Bertz CT molecular complexity index is 303. The van der Waals surface area contributed by atoms with Gasteiger partial charge in [0.05, 0.1) is 0 Å². The van der Waals surface area contributed by atoms with Crippen LogP contribution in [0.2, 0.25) is 0 Å². The normalized spacial score (nSPS) is 13.9. The molecule has 0 spiro atoms. The molecular formula is C14H28N2O2. The van der Waals surface area contributed by atoms with Gasteiger partial charge in [0.15, 0.2) is 0 Å². The van der Waals surface area contributed by atoms with Crippen LogP contribution < -0.4 is 10.6 Å². The smallest absolute Gasteiger partial charge is 0.309 e. The molecule has 0 saturated carbocycles. The number of hydrogen-bond acceptors (Lipinski definition) is 2. The molecule has 0 bridgehead atoms. The Kier molecular flexibility index (Phi) is 5.84. The Morgan fingerprint density at radius 3 is 1.94 bits per heavy atom. The third-order valence-electron chi connectivity index (χ3n) is 2.62. The summed E-state index contributed by atoms with van der Waals surface area (Å²) in [5, 5.41) is 5.45. The molecule has 0 aliphatic rings. The summed E-state index contributed by atoms with van der Waals surface area (Å²) >= 11 is 0. The lowest BCUT2D eigenvalue weighted by atomic mass is 9.82. The molecule has 1 unspecified atom stereocenters. The van der Waals surface area contributed by atoms with Gasteiger partial charge in [-0.2, -0.15) is 0 Å². The zero-order valence-corrected chi connectivity index (χ0v) is 12.8. The zero-order valence-electron chi connectivity index (χ0n) is 12.8. The summed E-state index contributed by atoms with van der Waals surface area (Å²) < 4.78 is 0. The van der Waals surface area contributed by atoms with Crippen LogP contribution in [0.4, 0.5) is 0 Å². The number of amides is 2. The highest BCUT2D eigenvalue weighted by Crippen LogP contribution is 2.26. The molecule has 0 heterocycles. The van der Waals surface area contributed by atoms with Crippen LogP contribution >= 0.6 is 0 Å². The molecule has 0 saturated heterocycles. The molecule has 0 aliphatic carbocycles. The van der Waals surface area contributed by atoms with Gasteiger partial charge in [0.25, 0.3) is 0 Å². The van der Waals surface area contributed by atoms with E-state index in [2.05, 4.69) is 31.4 Å². The number of carbonyl (C=O) groups excluding carboxylic acids is 2. The Hall–Kier alpha value is -1.06. The van der Waals surface area contributed by atoms with Crippen LogP contribution in [0, 0.1) is 5.41 Å². The third kappa shape index (κ3) is 7.30. The maximum absolute atomic E-state index is 11.8. The van der Waals surface area contributed by atoms with Crippen LogP contribution in [0.5, 0.6) is 0 Å². The Balaban J connectivity index is 4.42. The highest BCUT2D eigenvalue weighted by molar-refractivity contribution is 6.35. The summed E-state index contributed by atoms with van der Waals surface area (Å²) in [6.07, 6.45) is 1.62. The SMILES string of the molecule is CCC(C)NC(=O)C(=O)NC(C)(C)CC(C)(C)C. The van der Waals surface area contributed by atoms with E-state index in [4.69, 9.17) is 0 Å². The quantitative estimate of drug-likeness (QED) is 0.758. The van der Waals surface area contributed by atoms with Crippen LogP contribution in [0.1, 0.15) is 61.3 Å². The van der Waals surface area contributed by atoms with E-state index in [1.807, 2.05) is 27.7 Å². The maximum Gasteiger partial charge on any atom is 0.309 e. The average molecular weight is 256 g/mol. The van der Waals surface area contributed by atoms with Gasteiger partial charge < -0.3 is 10.6 Å². The second-order valence-electron chi connectivity index (χ2n) is 6.86. The monoisotopic (exact) mass is 256 g/mol. The lowest BCUT2D eigenvalue weighted by Crippen LogP contribution is -2.52. The molecule has 2 N–H and O–H groups in total. The van der Waals surface area contributed by atoms with Crippen LogP contribution in [0.25, 0.3) is 0 Å². The van der Waals surface area contributed by atoms with Gasteiger partial charge in [0.1, 0.15) is 0 Å². The van der Waals surface area contributed by atoms with Crippen LogP contribution in [-0.2, 0) is 9.59 Å². The lowest BCUT2D eigenvalue weighted by Gasteiger charge is -2.33. The van der Waals surface area contributed by atoms with E-state index in [1.54, 1.807) is 0 Å². The molecule has 106 valence electrons. The molecule has 0 aromatic carbocycles. The topological polar surface area (TPSA) is 58.2 Å². The highest BCUT2D eigenvalue weighted by Gasteiger charge is 2.29. The Labute approximate surface area is 111 Å². The van der Waals surface area contributed by atoms with Crippen molar-refractivity contribution in [3.63, 3.8) is 0 Å². The first kappa shape index (κ1) is 16.9. The minimum absolute atomic E-state index is 0.0222. The molecular weight excluding hydrogens is 228 g/mol. The van der Waals surface area contributed by atoms with E-state index in [1.165, 1.54) is 0 Å². The standard InChI is InChI=1S/C14H28N2O2/c1-8-10(2)15-11(17)12(18)16-14(6,7)9-13(3,4)5/h10H,8-9H2,1-7H3,(H,15,17)(H,16,18). The van der Waals surface area contributed by atoms with Gasteiger partial charge in [0, 0.05) is 11.6 Å². The molecule has 0 aromatic rings. The van der Waals surface area contributed by atoms with Crippen molar-refractivity contribution in [1.82, 2.24) is 10.6 Å². The highest BCUT2D eigenvalue weighted by atomic mass is 16.2. The minimum atomic E-state index is -0.551. The molecule has 0 aliphatic heterocycles.